The number of nitrogens with zero attached hydrogens (tertiary/aromatic N) is 3. The summed E-state index contributed by atoms with van der Waals surface area (Å²) in [4.78, 5) is 37.0. The molecule has 8 heteroatoms. The van der Waals surface area contributed by atoms with Crippen LogP contribution in [0.3, 0.4) is 0 Å². The highest BCUT2D eigenvalue weighted by Crippen LogP contribution is 2.17. The van der Waals surface area contributed by atoms with Crippen LogP contribution in [0.1, 0.15) is 23.2 Å². The molecule has 126 valence electrons. The van der Waals surface area contributed by atoms with Gasteiger partial charge in [0.2, 0.25) is 5.88 Å². The third-order valence-electron chi connectivity index (χ3n) is 3.95. The first-order chi connectivity index (χ1) is 11.7. The quantitative estimate of drug-likeness (QED) is 0.851. The molecule has 0 aromatic carbocycles. The van der Waals surface area contributed by atoms with E-state index in [-0.39, 0.29) is 17.5 Å². The Morgan fingerprint density at radius 3 is 3.08 bits per heavy atom. The number of methoxy groups -OCH3 is 1. The monoisotopic (exact) mass is 329 g/mol. The van der Waals surface area contributed by atoms with Crippen molar-refractivity contribution < 1.29 is 9.53 Å². The standard InChI is InChI=1S/C16H19N5O3/c1-24-16-12(5-2-6-19-16)14(22)20-11-4-3-9-21(10-11)13-15(23)18-8-7-17-13/h2,5-8,11H,3-4,9-10H2,1H3,(H,18,23)(H,20,22)/t11-/m0/s1. The number of hydrogen-bond acceptors (Lipinski definition) is 6. The molecule has 0 unspecified atom stereocenters. The second kappa shape index (κ2) is 7.12. The first-order valence-electron chi connectivity index (χ1n) is 7.77. The fraction of sp³-hybridized carbons (Fsp3) is 0.375. The number of amides is 1. The number of H-pyrrole nitrogens is 1. The molecule has 0 aliphatic carbocycles. The molecule has 3 heterocycles. The minimum Gasteiger partial charge on any atom is -0.480 e. The van der Waals surface area contributed by atoms with Gasteiger partial charge in [-0.05, 0) is 25.0 Å². The van der Waals surface area contributed by atoms with Gasteiger partial charge >= 0.3 is 0 Å². The van der Waals surface area contributed by atoms with Crippen LogP contribution in [0.15, 0.2) is 35.5 Å². The van der Waals surface area contributed by atoms with Gasteiger partial charge in [-0.3, -0.25) is 9.59 Å². The molecule has 24 heavy (non-hydrogen) atoms. The fourth-order valence-corrected chi connectivity index (χ4v) is 2.85. The third kappa shape index (κ3) is 3.37. The average Bonchev–Trinajstić information content (AvgIpc) is 2.62. The molecule has 1 amide bonds. The molecule has 0 bridgehead atoms. The number of aromatic nitrogens is 3. The molecule has 1 fully saturated rings. The Morgan fingerprint density at radius 2 is 2.29 bits per heavy atom. The van der Waals surface area contributed by atoms with Crippen LogP contribution in [0.2, 0.25) is 0 Å². The number of carbonyl (C=O) groups excluding carboxylic acids is 1. The molecule has 8 nitrogen and oxygen atoms in total. The van der Waals surface area contributed by atoms with E-state index < -0.39 is 0 Å². The Bertz CT molecular complexity index is 776. The maximum absolute atomic E-state index is 12.5. The lowest BCUT2D eigenvalue weighted by Gasteiger charge is -2.33. The minimum absolute atomic E-state index is 0.0717. The van der Waals surface area contributed by atoms with Gasteiger partial charge in [-0.2, -0.15) is 0 Å². The second-order valence-electron chi connectivity index (χ2n) is 5.56. The summed E-state index contributed by atoms with van der Waals surface area (Å²) in [5, 5.41) is 2.99. The molecule has 1 aliphatic rings. The van der Waals surface area contributed by atoms with Crippen molar-refractivity contribution in [3.63, 3.8) is 0 Å². The summed E-state index contributed by atoms with van der Waals surface area (Å²) in [5.41, 5.74) is 0.172. The molecular weight excluding hydrogens is 310 g/mol. The maximum atomic E-state index is 12.5. The van der Waals surface area contributed by atoms with Crippen LogP contribution in [-0.2, 0) is 0 Å². The summed E-state index contributed by atoms with van der Waals surface area (Å²) < 4.78 is 5.12. The van der Waals surface area contributed by atoms with Gasteiger partial charge in [0.25, 0.3) is 11.5 Å². The summed E-state index contributed by atoms with van der Waals surface area (Å²) in [6.07, 6.45) is 6.34. The van der Waals surface area contributed by atoms with Gasteiger partial charge in [0.1, 0.15) is 5.56 Å². The Hall–Kier alpha value is -2.90. The van der Waals surface area contributed by atoms with Gasteiger partial charge in [-0.1, -0.05) is 0 Å². The molecule has 0 radical (unpaired) electrons. The molecule has 3 rings (SSSR count). The highest BCUT2D eigenvalue weighted by molar-refractivity contribution is 5.96. The zero-order valence-electron chi connectivity index (χ0n) is 13.4. The van der Waals surface area contributed by atoms with E-state index in [1.54, 1.807) is 24.5 Å². The summed E-state index contributed by atoms with van der Waals surface area (Å²) in [6.45, 7) is 1.27. The Balaban J connectivity index is 1.70. The summed E-state index contributed by atoms with van der Waals surface area (Å²) >= 11 is 0. The van der Waals surface area contributed by atoms with Gasteiger partial charge in [-0.15, -0.1) is 0 Å². The molecule has 2 N–H and O–H groups in total. The average molecular weight is 329 g/mol. The van der Waals surface area contributed by atoms with Crippen LogP contribution in [0, 0.1) is 0 Å². The largest absolute Gasteiger partial charge is 0.480 e. The number of hydrogen-bond donors (Lipinski definition) is 2. The highest BCUT2D eigenvalue weighted by atomic mass is 16.5. The SMILES string of the molecule is COc1ncccc1C(=O)N[C@H]1CCCN(c2ncc[nH]c2=O)C1. The second-order valence-corrected chi connectivity index (χ2v) is 5.56. The number of anilines is 1. The normalized spacial score (nSPS) is 17.4. The van der Waals surface area contributed by atoms with Crippen LogP contribution in [0.4, 0.5) is 5.82 Å². The lowest BCUT2D eigenvalue weighted by atomic mass is 10.1. The first kappa shape index (κ1) is 16.0. The van der Waals surface area contributed by atoms with Crippen molar-refractivity contribution in [3.05, 3.63) is 46.6 Å². The van der Waals surface area contributed by atoms with Crippen molar-refractivity contribution >= 4 is 11.7 Å². The Kier molecular flexibility index (Phi) is 4.74. The fourth-order valence-electron chi connectivity index (χ4n) is 2.85. The molecule has 1 atom stereocenters. The molecule has 2 aromatic heterocycles. The molecule has 1 aliphatic heterocycles. The predicted octanol–water partition coefficient (Wildman–Crippen LogP) is 0.572. The van der Waals surface area contributed by atoms with Crippen molar-refractivity contribution in [2.75, 3.05) is 25.1 Å². The van der Waals surface area contributed by atoms with E-state index in [4.69, 9.17) is 4.74 Å². The zero-order chi connectivity index (χ0) is 16.9. The smallest absolute Gasteiger partial charge is 0.290 e. The van der Waals surface area contributed by atoms with Crippen molar-refractivity contribution in [1.29, 1.82) is 0 Å². The summed E-state index contributed by atoms with van der Waals surface area (Å²) in [6, 6.07) is 3.29. The lowest BCUT2D eigenvalue weighted by Crippen LogP contribution is -2.49. The highest BCUT2D eigenvalue weighted by Gasteiger charge is 2.25. The zero-order valence-corrected chi connectivity index (χ0v) is 13.4. The molecule has 0 saturated carbocycles. The molecular formula is C16H19N5O3. The minimum atomic E-state index is -0.235. The van der Waals surface area contributed by atoms with Gasteiger partial charge in [0.05, 0.1) is 7.11 Å². The molecule has 2 aromatic rings. The topological polar surface area (TPSA) is 100 Å². The van der Waals surface area contributed by atoms with Crippen LogP contribution < -0.4 is 20.5 Å². The third-order valence-corrected chi connectivity index (χ3v) is 3.95. The summed E-state index contributed by atoms with van der Waals surface area (Å²) in [5.74, 6) is 0.445. The van der Waals surface area contributed by atoms with Crippen molar-refractivity contribution in [2.45, 2.75) is 18.9 Å². The number of pyridine rings is 1. The van der Waals surface area contributed by atoms with Crippen LogP contribution in [0.5, 0.6) is 5.88 Å². The lowest BCUT2D eigenvalue weighted by molar-refractivity contribution is 0.0929. The predicted molar refractivity (Wildman–Crippen MR) is 88.3 cm³/mol. The number of carbonyl (C=O) groups is 1. The Labute approximate surface area is 138 Å². The van der Waals surface area contributed by atoms with Crippen LogP contribution in [0.25, 0.3) is 0 Å². The first-order valence-corrected chi connectivity index (χ1v) is 7.77. The van der Waals surface area contributed by atoms with E-state index >= 15 is 0 Å². The maximum Gasteiger partial charge on any atom is 0.290 e. The number of rotatable bonds is 4. The van der Waals surface area contributed by atoms with Gasteiger partial charge < -0.3 is 19.9 Å². The van der Waals surface area contributed by atoms with Gasteiger partial charge in [-0.25, -0.2) is 9.97 Å². The molecule has 0 spiro atoms. The van der Waals surface area contributed by atoms with Crippen molar-refractivity contribution in [2.24, 2.45) is 0 Å². The molecule has 1 saturated heterocycles. The number of aromatic amines is 1. The van der Waals surface area contributed by atoms with Crippen LogP contribution in [-0.4, -0.2) is 47.1 Å². The van der Waals surface area contributed by atoms with Gasteiger partial charge in [0, 0.05) is 37.7 Å². The Morgan fingerprint density at radius 1 is 1.42 bits per heavy atom. The number of piperidine rings is 1. The van der Waals surface area contributed by atoms with E-state index in [9.17, 15) is 9.59 Å². The van der Waals surface area contributed by atoms with E-state index in [1.807, 2.05) is 4.90 Å². The van der Waals surface area contributed by atoms with E-state index in [2.05, 4.69) is 20.3 Å². The number of nitrogens with one attached hydrogen (secondary N) is 2. The van der Waals surface area contributed by atoms with E-state index in [1.165, 1.54) is 13.3 Å². The van der Waals surface area contributed by atoms with E-state index in [0.29, 0.717) is 23.8 Å². The van der Waals surface area contributed by atoms with E-state index in [0.717, 1.165) is 19.4 Å². The van der Waals surface area contributed by atoms with Crippen LogP contribution >= 0.6 is 0 Å². The van der Waals surface area contributed by atoms with Crippen molar-refractivity contribution in [1.82, 2.24) is 20.3 Å². The summed E-state index contributed by atoms with van der Waals surface area (Å²) in [7, 11) is 1.48. The van der Waals surface area contributed by atoms with Crippen molar-refractivity contribution in [3.8, 4) is 5.88 Å². The van der Waals surface area contributed by atoms with Gasteiger partial charge in [0.15, 0.2) is 5.82 Å². The number of ether oxygens (including phenoxy) is 1.